The third-order valence-electron chi connectivity index (χ3n) is 4.36. The largest absolute Gasteiger partial charge is 0.310 e. The summed E-state index contributed by atoms with van der Waals surface area (Å²) in [6, 6.07) is 7.22. The van der Waals surface area contributed by atoms with Crippen molar-refractivity contribution in [2.45, 2.75) is 52.5 Å². The predicted octanol–water partition coefficient (Wildman–Crippen LogP) is 5.23. The molecule has 106 valence electrons. The molecule has 0 saturated heterocycles. The lowest BCUT2D eigenvalue weighted by Gasteiger charge is -2.34. The van der Waals surface area contributed by atoms with Crippen LogP contribution in [0.5, 0.6) is 0 Å². The highest BCUT2D eigenvalue weighted by atomic mass is 79.9. The molecule has 0 heterocycles. The smallest absolute Gasteiger partial charge is 0.0359 e. The molecule has 3 unspecified atom stereocenters. The number of halogens is 1. The van der Waals surface area contributed by atoms with E-state index >= 15 is 0 Å². The van der Waals surface area contributed by atoms with Crippen molar-refractivity contribution in [3.63, 3.8) is 0 Å². The van der Waals surface area contributed by atoms with Crippen molar-refractivity contribution < 1.29 is 0 Å². The zero-order chi connectivity index (χ0) is 13.8. The van der Waals surface area contributed by atoms with Crippen LogP contribution in [-0.2, 0) is 0 Å². The van der Waals surface area contributed by atoms with Crippen LogP contribution < -0.4 is 5.32 Å². The first kappa shape index (κ1) is 15.1. The van der Waals surface area contributed by atoms with Gasteiger partial charge in [0, 0.05) is 10.5 Å². The second-order valence-corrected chi connectivity index (χ2v) is 6.95. The summed E-state index contributed by atoms with van der Waals surface area (Å²) in [6.07, 6.45) is 5.52. The van der Waals surface area contributed by atoms with Gasteiger partial charge < -0.3 is 5.32 Å². The number of hydrogen-bond acceptors (Lipinski definition) is 1. The SMILES string of the molecule is CCNC(c1cc(C)ccc1Br)C1CCCC(C)C1. The van der Waals surface area contributed by atoms with Gasteiger partial charge in [-0.2, -0.15) is 0 Å². The second-order valence-electron chi connectivity index (χ2n) is 6.09. The maximum Gasteiger partial charge on any atom is 0.0359 e. The molecule has 1 nitrogen and oxygen atoms in total. The van der Waals surface area contributed by atoms with E-state index < -0.39 is 0 Å². The number of hydrogen-bond donors (Lipinski definition) is 1. The maximum atomic E-state index is 3.74. The first-order chi connectivity index (χ1) is 9.11. The zero-order valence-corrected chi connectivity index (χ0v) is 14.0. The molecule has 1 aromatic rings. The molecule has 1 saturated carbocycles. The Morgan fingerprint density at radius 2 is 2.16 bits per heavy atom. The number of rotatable bonds is 4. The Morgan fingerprint density at radius 3 is 2.84 bits per heavy atom. The Labute approximate surface area is 126 Å². The molecule has 0 aliphatic heterocycles. The molecule has 1 aliphatic rings. The maximum absolute atomic E-state index is 3.74. The highest BCUT2D eigenvalue weighted by Gasteiger charge is 2.28. The van der Waals surface area contributed by atoms with E-state index in [1.54, 1.807) is 0 Å². The molecule has 2 rings (SSSR count). The van der Waals surface area contributed by atoms with E-state index in [-0.39, 0.29) is 0 Å². The van der Waals surface area contributed by atoms with Crippen LogP contribution in [0.4, 0.5) is 0 Å². The molecule has 0 bridgehead atoms. The molecule has 0 aromatic heterocycles. The van der Waals surface area contributed by atoms with Gasteiger partial charge in [-0.3, -0.25) is 0 Å². The van der Waals surface area contributed by atoms with Gasteiger partial charge in [0.25, 0.3) is 0 Å². The quantitative estimate of drug-likeness (QED) is 0.799. The van der Waals surface area contributed by atoms with Gasteiger partial charge in [-0.25, -0.2) is 0 Å². The third-order valence-corrected chi connectivity index (χ3v) is 5.08. The molecule has 0 spiro atoms. The molecular formula is C17H26BrN. The lowest BCUT2D eigenvalue weighted by atomic mass is 9.76. The molecule has 2 heteroatoms. The van der Waals surface area contributed by atoms with Crippen LogP contribution in [-0.4, -0.2) is 6.54 Å². The molecule has 1 aromatic carbocycles. The van der Waals surface area contributed by atoms with Crippen molar-refractivity contribution in [2.24, 2.45) is 11.8 Å². The fourth-order valence-electron chi connectivity index (χ4n) is 3.44. The van der Waals surface area contributed by atoms with Crippen LogP contribution in [0.1, 0.15) is 56.7 Å². The highest BCUT2D eigenvalue weighted by Crippen LogP contribution is 2.39. The molecule has 0 amide bonds. The van der Waals surface area contributed by atoms with Crippen molar-refractivity contribution in [1.29, 1.82) is 0 Å². The summed E-state index contributed by atoms with van der Waals surface area (Å²) in [5, 5.41) is 3.73. The van der Waals surface area contributed by atoms with Gasteiger partial charge in [0.1, 0.15) is 0 Å². The monoisotopic (exact) mass is 323 g/mol. The van der Waals surface area contributed by atoms with E-state index in [9.17, 15) is 0 Å². The lowest BCUT2D eigenvalue weighted by Crippen LogP contribution is -2.31. The minimum Gasteiger partial charge on any atom is -0.310 e. The topological polar surface area (TPSA) is 12.0 Å². The van der Waals surface area contributed by atoms with E-state index in [4.69, 9.17) is 0 Å². The van der Waals surface area contributed by atoms with Crippen molar-refractivity contribution in [1.82, 2.24) is 5.32 Å². The van der Waals surface area contributed by atoms with E-state index in [0.29, 0.717) is 6.04 Å². The van der Waals surface area contributed by atoms with E-state index in [1.165, 1.54) is 41.3 Å². The molecular weight excluding hydrogens is 298 g/mol. The minimum absolute atomic E-state index is 0.502. The van der Waals surface area contributed by atoms with Crippen LogP contribution in [0.25, 0.3) is 0 Å². The highest BCUT2D eigenvalue weighted by molar-refractivity contribution is 9.10. The predicted molar refractivity (Wildman–Crippen MR) is 86.4 cm³/mol. The Morgan fingerprint density at radius 1 is 1.37 bits per heavy atom. The molecule has 1 N–H and O–H groups in total. The van der Waals surface area contributed by atoms with Crippen molar-refractivity contribution in [3.05, 3.63) is 33.8 Å². The summed E-state index contributed by atoms with van der Waals surface area (Å²) in [5.41, 5.74) is 2.80. The van der Waals surface area contributed by atoms with Gasteiger partial charge in [0.15, 0.2) is 0 Å². The third kappa shape index (κ3) is 3.82. The average molecular weight is 324 g/mol. The van der Waals surface area contributed by atoms with Gasteiger partial charge in [-0.05, 0) is 49.8 Å². The molecule has 1 fully saturated rings. The van der Waals surface area contributed by atoms with Gasteiger partial charge in [-0.15, -0.1) is 0 Å². The average Bonchev–Trinajstić information content (AvgIpc) is 2.39. The van der Waals surface area contributed by atoms with E-state index in [1.807, 2.05) is 0 Å². The van der Waals surface area contributed by atoms with Crippen molar-refractivity contribution in [3.8, 4) is 0 Å². The Hall–Kier alpha value is -0.340. The van der Waals surface area contributed by atoms with Crippen LogP contribution in [0.2, 0.25) is 0 Å². The van der Waals surface area contributed by atoms with Gasteiger partial charge in [0.05, 0.1) is 0 Å². The number of benzene rings is 1. The Kier molecular flexibility index (Phi) is 5.47. The van der Waals surface area contributed by atoms with Gasteiger partial charge >= 0.3 is 0 Å². The van der Waals surface area contributed by atoms with Crippen molar-refractivity contribution in [2.75, 3.05) is 6.54 Å². The zero-order valence-electron chi connectivity index (χ0n) is 12.4. The molecule has 1 aliphatic carbocycles. The molecule has 3 atom stereocenters. The first-order valence-electron chi connectivity index (χ1n) is 7.61. The fourth-order valence-corrected chi connectivity index (χ4v) is 3.93. The van der Waals surface area contributed by atoms with Gasteiger partial charge in [-0.1, -0.05) is 60.3 Å². The Balaban J connectivity index is 2.25. The summed E-state index contributed by atoms with van der Waals surface area (Å²) in [5.74, 6) is 1.66. The molecule has 0 radical (unpaired) electrons. The number of aryl methyl sites for hydroxylation is 1. The van der Waals surface area contributed by atoms with E-state index in [2.05, 4.69) is 60.2 Å². The van der Waals surface area contributed by atoms with Crippen molar-refractivity contribution >= 4 is 15.9 Å². The summed E-state index contributed by atoms with van der Waals surface area (Å²) < 4.78 is 1.25. The van der Waals surface area contributed by atoms with Gasteiger partial charge in [0.2, 0.25) is 0 Å². The summed E-state index contributed by atoms with van der Waals surface area (Å²) in [6.45, 7) is 7.84. The minimum atomic E-state index is 0.502. The number of nitrogens with one attached hydrogen (secondary N) is 1. The second kappa shape index (κ2) is 6.90. The first-order valence-corrected chi connectivity index (χ1v) is 8.40. The normalized spacial score (nSPS) is 25.3. The summed E-state index contributed by atoms with van der Waals surface area (Å²) >= 11 is 3.74. The standard InChI is InChI=1S/C17H26BrN/c1-4-19-17(14-7-5-6-12(2)10-14)15-11-13(3)8-9-16(15)18/h8-9,11-12,14,17,19H,4-7,10H2,1-3H3. The summed E-state index contributed by atoms with van der Waals surface area (Å²) in [7, 11) is 0. The van der Waals surface area contributed by atoms with Crippen LogP contribution in [0.3, 0.4) is 0 Å². The van der Waals surface area contributed by atoms with Crippen LogP contribution in [0, 0.1) is 18.8 Å². The van der Waals surface area contributed by atoms with E-state index in [0.717, 1.165) is 18.4 Å². The van der Waals surface area contributed by atoms with Crippen LogP contribution in [0.15, 0.2) is 22.7 Å². The fraction of sp³-hybridized carbons (Fsp3) is 0.647. The molecule has 19 heavy (non-hydrogen) atoms. The Bertz CT molecular complexity index is 416. The van der Waals surface area contributed by atoms with Crippen LogP contribution >= 0.6 is 15.9 Å². The summed E-state index contributed by atoms with van der Waals surface area (Å²) in [4.78, 5) is 0. The lowest BCUT2D eigenvalue weighted by molar-refractivity contribution is 0.225.